The van der Waals surface area contributed by atoms with Gasteiger partial charge < -0.3 is 9.64 Å². The van der Waals surface area contributed by atoms with Crippen molar-refractivity contribution in [3.63, 3.8) is 0 Å². The van der Waals surface area contributed by atoms with Gasteiger partial charge in [0.25, 0.3) is 0 Å². The lowest BCUT2D eigenvalue weighted by Crippen LogP contribution is -2.40. The summed E-state index contributed by atoms with van der Waals surface area (Å²) in [5, 5.41) is 0. The average Bonchev–Trinajstić information content (AvgIpc) is 2.62. The van der Waals surface area contributed by atoms with Crippen LogP contribution in [0, 0.1) is 5.92 Å². The number of methoxy groups -OCH3 is 1. The van der Waals surface area contributed by atoms with Crippen molar-refractivity contribution in [1.82, 2.24) is 4.90 Å². The molecule has 4 heteroatoms. The summed E-state index contributed by atoms with van der Waals surface area (Å²) < 4.78 is 4.73. The van der Waals surface area contributed by atoms with Gasteiger partial charge in [-0.05, 0) is 25.3 Å². The lowest BCUT2D eigenvalue weighted by atomic mass is 9.87. The Morgan fingerprint density at radius 3 is 2.43 bits per heavy atom. The van der Waals surface area contributed by atoms with Crippen LogP contribution in [0.3, 0.4) is 0 Å². The fourth-order valence-corrected chi connectivity index (χ4v) is 3.30. The van der Waals surface area contributed by atoms with Crippen LogP contribution < -0.4 is 0 Å². The second-order valence-corrected chi connectivity index (χ2v) is 6.28. The number of carbonyl (C=O) groups is 2. The van der Waals surface area contributed by atoms with E-state index in [-0.39, 0.29) is 30.3 Å². The second kappa shape index (κ2) is 8.70. The van der Waals surface area contributed by atoms with Gasteiger partial charge in [0.2, 0.25) is 5.91 Å². The normalized spacial score (nSPS) is 16.6. The Hall–Kier alpha value is -1.84. The molecular weight excluding hydrogens is 290 g/mol. The lowest BCUT2D eigenvalue weighted by molar-refractivity contribution is -0.143. The van der Waals surface area contributed by atoms with Gasteiger partial charge in [0.15, 0.2) is 0 Å². The Morgan fingerprint density at radius 2 is 1.83 bits per heavy atom. The summed E-state index contributed by atoms with van der Waals surface area (Å²) in [7, 11) is 1.39. The molecule has 1 unspecified atom stereocenters. The number of nitrogens with zero attached hydrogens (tertiary/aromatic N) is 1. The third kappa shape index (κ3) is 4.81. The van der Waals surface area contributed by atoms with E-state index in [0.717, 1.165) is 31.2 Å². The molecule has 23 heavy (non-hydrogen) atoms. The minimum atomic E-state index is -0.272. The van der Waals surface area contributed by atoms with Crippen LogP contribution in [0.1, 0.15) is 57.1 Å². The third-order valence-electron chi connectivity index (χ3n) is 4.77. The summed E-state index contributed by atoms with van der Waals surface area (Å²) in [5.74, 6) is 0.0178. The summed E-state index contributed by atoms with van der Waals surface area (Å²) in [6, 6.07) is 9.96. The van der Waals surface area contributed by atoms with Crippen molar-refractivity contribution in [2.45, 2.75) is 51.5 Å². The third-order valence-corrected chi connectivity index (χ3v) is 4.77. The molecule has 1 aromatic carbocycles. The first-order chi connectivity index (χ1) is 11.1. The van der Waals surface area contributed by atoms with Crippen molar-refractivity contribution in [1.29, 1.82) is 0 Å². The Balaban J connectivity index is 2.12. The topological polar surface area (TPSA) is 46.6 Å². The molecule has 0 radical (unpaired) electrons. The number of rotatable bonds is 6. The highest BCUT2D eigenvalue weighted by molar-refractivity contribution is 5.80. The molecule has 1 aromatic rings. The molecule has 1 aliphatic carbocycles. The van der Waals surface area contributed by atoms with Gasteiger partial charge in [0.05, 0.1) is 19.6 Å². The molecule has 0 aromatic heterocycles. The maximum absolute atomic E-state index is 13.0. The number of esters is 1. The first kappa shape index (κ1) is 17.5. The lowest BCUT2D eigenvalue weighted by Gasteiger charge is -2.34. The zero-order valence-electron chi connectivity index (χ0n) is 14.2. The van der Waals surface area contributed by atoms with E-state index in [9.17, 15) is 9.59 Å². The van der Waals surface area contributed by atoms with Crippen LogP contribution in [0.25, 0.3) is 0 Å². The number of hydrogen-bond acceptors (Lipinski definition) is 3. The zero-order chi connectivity index (χ0) is 16.7. The molecule has 1 amide bonds. The van der Waals surface area contributed by atoms with E-state index < -0.39 is 0 Å². The summed E-state index contributed by atoms with van der Waals surface area (Å²) in [6.45, 7) is 2.45. The Bertz CT molecular complexity index is 509. The molecule has 0 spiro atoms. The standard InChI is InChI=1S/C19H27NO3/c1-15(16-9-5-3-6-10-16)20(14-13-18(21)23-2)19(22)17-11-7-4-8-12-17/h3,5-6,9-10,15,17H,4,7-8,11-14H2,1-2H3. The summed E-state index contributed by atoms with van der Waals surface area (Å²) in [6.07, 6.45) is 5.65. The smallest absolute Gasteiger partial charge is 0.307 e. The maximum Gasteiger partial charge on any atom is 0.307 e. The van der Waals surface area contributed by atoms with Gasteiger partial charge in [0, 0.05) is 12.5 Å². The summed E-state index contributed by atoms with van der Waals surface area (Å²) in [5.41, 5.74) is 1.10. The molecule has 0 aliphatic heterocycles. The van der Waals surface area contributed by atoms with E-state index in [4.69, 9.17) is 4.74 Å². The molecule has 0 heterocycles. The monoisotopic (exact) mass is 317 g/mol. The number of ether oxygens (including phenoxy) is 1. The Kier molecular flexibility index (Phi) is 6.63. The van der Waals surface area contributed by atoms with Gasteiger partial charge in [0.1, 0.15) is 0 Å². The van der Waals surface area contributed by atoms with E-state index in [1.54, 1.807) is 0 Å². The van der Waals surface area contributed by atoms with E-state index in [1.165, 1.54) is 13.5 Å². The zero-order valence-corrected chi connectivity index (χ0v) is 14.2. The molecule has 126 valence electrons. The van der Waals surface area contributed by atoms with Crippen LogP contribution in [-0.4, -0.2) is 30.4 Å². The van der Waals surface area contributed by atoms with E-state index in [1.807, 2.05) is 42.2 Å². The first-order valence-electron chi connectivity index (χ1n) is 8.55. The minimum Gasteiger partial charge on any atom is -0.469 e. The molecule has 0 bridgehead atoms. The molecule has 1 atom stereocenters. The van der Waals surface area contributed by atoms with E-state index >= 15 is 0 Å². The molecule has 0 N–H and O–H groups in total. The van der Waals surface area contributed by atoms with Crippen molar-refractivity contribution in [3.05, 3.63) is 35.9 Å². The highest BCUT2D eigenvalue weighted by atomic mass is 16.5. The van der Waals surface area contributed by atoms with Gasteiger partial charge in [-0.15, -0.1) is 0 Å². The predicted molar refractivity (Wildman–Crippen MR) is 89.8 cm³/mol. The van der Waals surface area contributed by atoms with E-state index in [0.29, 0.717) is 6.54 Å². The van der Waals surface area contributed by atoms with Gasteiger partial charge in [-0.1, -0.05) is 49.6 Å². The summed E-state index contributed by atoms with van der Waals surface area (Å²) >= 11 is 0. The van der Waals surface area contributed by atoms with Gasteiger partial charge in [-0.2, -0.15) is 0 Å². The SMILES string of the molecule is COC(=O)CCN(C(=O)C1CCCCC1)C(C)c1ccccc1. The quantitative estimate of drug-likeness (QED) is 0.751. The molecular formula is C19H27NO3. The number of hydrogen-bond donors (Lipinski definition) is 0. The van der Waals surface area contributed by atoms with Crippen LogP contribution in [0.5, 0.6) is 0 Å². The maximum atomic E-state index is 13.0. The fraction of sp³-hybridized carbons (Fsp3) is 0.579. The molecule has 2 rings (SSSR count). The molecule has 1 aliphatic rings. The molecule has 4 nitrogen and oxygen atoms in total. The molecule has 1 fully saturated rings. The van der Waals surface area contributed by atoms with Crippen molar-refractivity contribution in [3.8, 4) is 0 Å². The van der Waals surface area contributed by atoms with Crippen LogP contribution in [-0.2, 0) is 14.3 Å². The molecule has 1 saturated carbocycles. The molecule has 0 saturated heterocycles. The Morgan fingerprint density at radius 1 is 1.17 bits per heavy atom. The highest BCUT2D eigenvalue weighted by Gasteiger charge is 2.29. The van der Waals surface area contributed by atoms with Crippen molar-refractivity contribution in [2.75, 3.05) is 13.7 Å². The van der Waals surface area contributed by atoms with Gasteiger partial charge in [-0.3, -0.25) is 9.59 Å². The number of amides is 1. The van der Waals surface area contributed by atoms with Crippen LogP contribution in [0.15, 0.2) is 30.3 Å². The fourth-order valence-electron chi connectivity index (χ4n) is 3.30. The van der Waals surface area contributed by atoms with Crippen molar-refractivity contribution >= 4 is 11.9 Å². The average molecular weight is 317 g/mol. The predicted octanol–water partition coefficient (Wildman–Crippen LogP) is 3.72. The Labute approximate surface area is 138 Å². The largest absolute Gasteiger partial charge is 0.469 e. The number of carbonyl (C=O) groups excluding carboxylic acids is 2. The van der Waals surface area contributed by atoms with Crippen LogP contribution in [0.2, 0.25) is 0 Å². The van der Waals surface area contributed by atoms with Gasteiger partial charge in [-0.25, -0.2) is 0 Å². The van der Waals surface area contributed by atoms with Crippen molar-refractivity contribution < 1.29 is 14.3 Å². The van der Waals surface area contributed by atoms with Crippen LogP contribution in [0.4, 0.5) is 0 Å². The first-order valence-corrected chi connectivity index (χ1v) is 8.55. The highest BCUT2D eigenvalue weighted by Crippen LogP contribution is 2.29. The summed E-state index contributed by atoms with van der Waals surface area (Å²) in [4.78, 5) is 26.4. The van der Waals surface area contributed by atoms with Crippen LogP contribution >= 0.6 is 0 Å². The van der Waals surface area contributed by atoms with E-state index in [2.05, 4.69) is 0 Å². The second-order valence-electron chi connectivity index (χ2n) is 6.28. The minimum absolute atomic E-state index is 0.0321. The number of benzene rings is 1. The van der Waals surface area contributed by atoms with Gasteiger partial charge >= 0.3 is 5.97 Å². The van der Waals surface area contributed by atoms with Crippen molar-refractivity contribution in [2.24, 2.45) is 5.92 Å².